The second-order valence-electron chi connectivity index (χ2n) is 10.4. The van der Waals surface area contributed by atoms with Crippen LogP contribution >= 0.6 is 11.6 Å². The lowest BCUT2D eigenvalue weighted by Crippen LogP contribution is -2.41. The molecule has 0 bridgehead atoms. The van der Waals surface area contributed by atoms with E-state index in [1.54, 1.807) is 35.4 Å². The smallest absolute Gasteiger partial charge is 0.410 e. The minimum absolute atomic E-state index is 0.243. The zero-order valence-corrected chi connectivity index (χ0v) is 22.4. The van der Waals surface area contributed by atoms with Gasteiger partial charge < -0.3 is 19.9 Å². The van der Waals surface area contributed by atoms with Gasteiger partial charge in [-0.2, -0.15) is 0 Å². The number of carbonyl (C=O) groups excluding carboxylic acids is 2. The van der Waals surface area contributed by atoms with Crippen molar-refractivity contribution in [1.82, 2.24) is 19.9 Å². The first-order chi connectivity index (χ1) is 18.2. The van der Waals surface area contributed by atoms with Gasteiger partial charge in [0.05, 0.1) is 10.7 Å². The molecule has 8 nitrogen and oxygen atoms in total. The zero-order valence-electron chi connectivity index (χ0n) is 21.6. The van der Waals surface area contributed by atoms with Crippen molar-refractivity contribution in [3.8, 4) is 11.3 Å². The number of benzene rings is 1. The number of nitrogens with zero attached hydrogens (tertiary/aromatic N) is 3. The van der Waals surface area contributed by atoms with Crippen molar-refractivity contribution in [3.63, 3.8) is 0 Å². The molecule has 0 saturated carbocycles. The number of piperidine rings is 1. The van der Waals surface area contributed by atoms with E-state index in [1.807, 2.05) is 45.0 Å². The predicted octanol–water partition coefficient (Wildman–Crippen LogP) is 6.65. The maximum atomic E-state index is 12.6. The van der Waals surface area contributed by atoms with Gasteiger partial charge >= 0.3 is 6.09 Å². The minimum atomic E-state index is -0.510. The molecule has 1 aliphatic heterocycles. The first-order valence-electron chi connectivity index (χ1n) is 12.7. The van der Waals surface area contributed by atoms with Crippen LogP contribution < -0.4 is 5.32 Å². The fourth-order valence-corrected chi connectivity index (χ4v) is 4.86. The van der Waals surface area contributed by atoms with Crippen LogP contribution in [0, 0.1) is 0 Å². The summed E-state index contributed by atoms with van der Waals surface area (Å²) < 4.78 is 5.52. The molecule has 38 heavy (non-hydrogen) atoms. The van der Waals surface area contributed by atoms with E-state index >= 15 is 0 Å². The Morgan fingerprint density at radius 2 is 1.82 bits per heavy atom. The van der Waals surface area contributed by atoms with Crippen LogP contribution in [0.15, 0.2) is 60.8 Å². The van der Waals surface area contributed by atoms with Gasteiger partial charge in [-0.3, -0.25) is 4.79 Å². The van der Waals surface area contributed by atoms with Gasteiger partial charge in [0.15, 0.2) is 0 Å². The van der Waals surface area contributed by atoms with E-state index in [0.717, 1.165) is 35.1 Å². The summed E-state index contributed by atoms with van der Waals surface area (Å²) in [5.74, 6) is 0.428. The number of likely N-dealkylation sites (tertiary alicyclic amines) is 1. The standard InChI is InChI=1S/C29H30ClN5O3/c1-29(2,3)38-28(37)35-15-12-18(13-16-35)23-17-21-20(11-14-31-26(21)32-23)25-22(30)9-10-24(33-25)34-27(36)19-7-5-4-6-8-19/h4-11,14,17-18H,12-13,15-16H2,1-3H3,(H,31,32)(H,33,34,36). The molecule has 4 aromatic rings. The van der Waals surface area contributed by atoms with Crippen LogP contribution in [-0.4, -0.2) is 50.5 Å². The monoisotopic (exact) mass is 531 g/mol. The van der Waals surface area contributed by atoms with Gasteiger partial charge in [0, 0.05) is 47.4 Å². The molecule has 0 aliphatic carbocycles. The van der Waals surface area contributed by atoms with Crippen molar-refractivity contribution in [2.45, 2.75) is 45.1 Å². The van der Waals surface area contributed by atoms with E-state index in [2.05, 4.69) is 26.3 Å². The van der Waals surface area contributed by atoms with Crippen LogP contribution in [-0.2, 0) is 4.74 Å². The highest BCUT2D eigenvalue weighted by Gasteiger charge is 2.28. The number of amides is 2. The summed E-state index contributed by atoms with van der Waals surface area (Å²) in [5.41, 5.74) is 3.23. The number of pyridine rings is 2. The first-order valence-corrected chi connectivity index (χ1v) is 13.0. The van der Waals surface area contributed by atoms with Crippen LogP contribution in [0.4, 0.5) is 10.6 Å². The summed E-state index contributed by atoms with van der Waals surface area (Å²) in [6.07, 6.45) is 3.09. The molecule has 3 aromatic heterocycles. The summed E-state index contributed by atoms with van der Waals surface area (Å²) in [6.45, 7) is 6.89. The highest BCUT2D eigenvalue weighted by Crippen LogP contribution is 2.36. The third-order valence-corrected chi connectivity index (χ3v) is 6.82. The molecular weight excluding hydrogens is 502 g/mol. The lowest BCUT2D eigenvalue weighted by molar-refractivity contribution is 0.0204. The summed E-state index contributed by atoms with van der Waals surface area (Å²) in [6, 6.07) is 16.4. The summed E-state index contributed by atoms with van der Waals surface area (Å²) >= 11 is 6.58. The molecule has 196 valence electrons. The molecule has 0 radical (unpaired) electrons. The number of aromatic nitrogens is 3. The summed E-state index contributed by atoms with van der Waals surface area (Å²) in [7, 11) is 0. The average molecular weight is 532 g/mol. The van der Waals surface area contributed by atoms with E-state index in [4.69, 9.17) is 16.3 Å². The van der Waals surface area contributed by atoms with Gasteiger partial charge in [-0.25, -0.2) is 14.8 Å². The topological polar surface area (TPSA) is 100 Å². The molecule has 4 heterocycles. The fourth-order valence-electron chi connectivity index (χ4n) is 4.65. The third-order valence-electron chi connectivity index (χ3n) is 6.52. The molecule has 5 rings (SSSR count). The highest BCUT2D eigenvalue weighted by molar-refractivity contribution is 6.33. The van der Waals surface area contributed by atoms with Crippen LogP contribution in [0.25, 0.3) is 22.3 Å². The van der Waals surface area contributed by atoms with Crippen LogP contribution in [0.5, 0.6) is 0 Å². The highest BCUT2D eigenvalue weighted by atomic mass is 35.5. The van der Waals surface area contributed by atoms with Gasteiger partial charge in [-0.15, -0.1) is 0 Å². The predicted molar refractivity (Wildman–Crippen MR) is 149 cm³/mol. The molecule has 9 heteroatoms. The lowest BCUT2D eigenvalue weighted by atomic mass is 9.93. The van der Waals surface area contributed by atoms with Gasteiger partial charge in [0.25, 0.3) is 5.91 Å². The van der Waals surface area contributed by atoms with E-state index in [-0.39, 0.29) is 17.9 Å². The maximum Gasteiger partial charge on any atom is 0.410 e. The van der Waals surface area contributed by atoms with E-state index < -0.39 is 5.60 Å². The molecule has 1 aromatic carbocycles. The molecule has 0 spiro atoms. The minimum Gasteiger partial charge on any atom is -0.444 e. The Bertz CT molecular complexity index is 1470. The Morgan fingerprint density at radius 3 is 2.53 bits per heavy atom. The quantitative estimate of drug-likeness (QED) is 0.307. The Morgan fingerprint density at radius 1 is 1.08 bits per heavy atom. The Balaban J connectivity index is 1.36. The van der Waals surface area contributed by atoms with E-state index in [1.165, 1.54) is 0 Å². The lowest BCUT2D eigenvalue weighted by Gasteiger charge is -2.33. The Labute approximate surface area is 226 Å². The second kappa shape index (κ2) is 10.5. The molecule has 2 N–H and O–H groups in total. The summed E-state index contributed by atoms with van der Waals surface area (Å²) in [4.78, 5) is 39.5. The average Bonchev–Trinajstić information content (AvgIpc) is 3.34. The van der Waals surface area contributed by atoms with Crippen LogP contribution in [0.2, 0.25) is 5.02 Å². The second-order valence-corrected chi connectivity index (χ2v) is 10.8. The number of rotatable bonds is 4. The fraction of sp³-hybridized carbons (Fsp3) is 0.310. The third kappa shape index (κ3) is 5.65. The van der Waals surface area contributed by atoms with Gasteiger partial charge in [0.1, 0.15) is 17.1 Å². The number of H-pyrrole nitrogens is 1. The van der Waals surface area contributed by atoms with Crippen LogP contribution in [0.3, 0.4) is 0 Å². The van der Waals surface area contributed by atoms with Crippen molar-refractivity contribution < 1.29 is 14.3 Å². The summed E-state index contributed by atoms with van der Waals surface area (Å²) in [5, 5.41) is 4.23. The molecule has 2 amide bonds. The normalized spacial score (nSPS) is 14.5. The number of carbonyl (C=O) groups is 2. The van der Waals surface area contributed by atoms with Crippen molar-refractivity contribution in [3.05, 3.63) is 77.1 Å². The molecule has 0 unspecified atom stereocenters. The van der Waals surface area contributed by atoms with Crippen molar-refractivity contribution in [1.29, 1.82) is 0 Å². The Kier molecular flexibility index (Phi) is 7.08. The number of halogens is 1. The number of hydrogen-bond donors (Lipinski definition) is 2. The first kappa shape index (κ1) is 25.7. The SMILES string of the molecule is CC(C)(C)OC(=O)N1CCC(c2cc3c(-c4nc(NC(=O)c5ccccc5)ccc4Cl)ccnc3[nH]2)CC1. The number of anilines is 1. The molecule has 1 aliphatic rings. The largest absolute Gasteiger partial charge is 0.444 e. The van der Waals surface area contributed by atoms with Gasteiger partial charge in [0.2, 0.25) is 0 Å². The zero-order chi connectivity index (χ0) is 26.9. The number of hydrogen-bond acceptors (Lipinski definition) is 5. The number of nitrogens with one attached hydrogen (secondary N) is 2. The van der Waals surface area contributed by atoms with E-state index in [0.29, 0.717) is 35.2 Å². The Hall–Kier alpha value is -3.91. The van der Waals surface area contributed by atoms with Crippen molar-refractivity contribution in [2.24, 2.45) is 0 Å². The van der Waals surface area contributed by atoms with Crippen molar-refractivity contribution >= 4 is 40.5 Å². The molecular formula is C29H30ClN5O3. The number of fused-ring (bicyclic) bond motifs is 1. The van der Waals surface area contributed by atoms with Gasteiger partial charge in [-0.05, 0) is 70.0 Å². The molecule has 1 fully saturated rings. The number of ether oxygens (including phenoxy) is 1. The number of aromatic amines is 1. The van der Waals surface area contributed by atoms with Crippen LogP contribution in [0.1, 0.15) is 55.6 Å². The molecule has 0 atom stereocenters. The van der Waals surface area contributed by atoms with Crippen molar-refractivity contribution in [2.75, 3.05) is 18.4 Å². The van der Waals surface area contributed by atoms with E-state index in [9.17, 15) is 9.59 Å². The van der Waals surface area contributed by atoms with Gasteiger partial charge in [-0.1, -0.05) is 29.8 Å². The molecule has 1 saturated heterocycles. The maximum absolute atomic E-state index is 12.6.